The summed E-state index contributed by atoms with van der Waals surface area (Å²) in [6.07, 6.45) is -0.0732. The summed E-state index contributed by atoms with van der Waals surface area (Å²) in [6.45, 7) is 1.96. The van der Waals surface area contributed by atoms with E-state index in [0.717, 1.165) is 6.26 Å². The largest absolute Gasteiger partial charge is 0.497 e. The molecule has 0 bridgehead atoms. The number of methoxy groups -OCH3 is 1. The van der Waals surface area contributed by atoms with E-state index in [1.807, 2.05) is 0 Å². The number of hydrogen-bond donors (Lipinski definition) is 2. The van der Waals surface area contributed by atoms with Gasteiger partial charge in [0.25, 0.3) is 0 Å². The molecule has 0 atom stereocenters. The van der Waals surface area contributed by atoms with Crippen molar-refractivity contribution >= 4 is 21.8 Å². The third-order valence-electron chi connectivity index (χ3n) is 2.67. The predicted molar refractivity (Wildman–Crippen MR) is 75.7 cm³/mol. The van der Waals surface area contributed by atoms with Crippen molar-refractivity contribution in [3.05, 3.63) is 23.8 Å². The van der Waals surface area contributed by atoms with E-state index in [4.69, 9.17) is 9.84 Å². The van der Waals surface area contributed by atoms with E-state index >= 15 is 0 Å². The van der Waals surface area contributed by atoms with Crippen LogP contribution in [0.5, 0.6) is 5.75 Å². The van der Waals surface area contributed by atoms with Crippen LogP contribution in [0.1, 0.15) is 12.5 Å². The second-order valence-electron chi connectivity index (χ2n) is 4.08. The number of hydrogen-bond acceptors (Lipinski definition) is 4. The number of sulfonamides is 1. The van der Waals surface area contributed by atoms with Crippen LogP contribution in [0, 0.1) is 0 Å². The van der Waals surface area contributed by atoms with Crippen LogP contribution in [0.15, 0.2) is 18.2 Å². The van der Waals surface area contributed by atoms with Gasteiger partial charge in [-0.2, -0.15) is 0 Å². The van der Waals surface area contributed by atoms with Gasteiger partial charge in [-0.15, -0.1) is 0 Å². The van der Waals surface area contributed by atoms with E-state index in [-0.39, 0.29) is 13.1 Å². The normalized spacial score (nSPS) is 10.9. The van der Waals surface area contributed by atoms with Crippen molar-refractivity contribution in [1.29, 1.82) is 0 Å². The number of benzene rings is 1. The predicted octanol–water partition coefficient (Wildman–Crippen LogP) is 1.25. The molecule has 1 rings (SSSR count). The first-order chi connectivity index (χ1) is 9.29. The topological polar surface area (TPSA) is 95.9 Å². The molecule has 0 saturated carbocycles. The van der Waals surface area contributed by atoms with Gasteiger partial charge in [0.1, 0.15) is 5.75 Å². The van der Waals surface area contributed by atoms with Crippen molar-refractivity contribution in [3.63, 3.8) is 0 Å². The summed E-state index contributed by atoms with van der Waals surface area (Å²) >= 11 is 0. The molecule has 0 saturated heterocycles. The maximum Gasteiger partial charge on any atom is 0.404 e. The van der Waals surface area contributed by atoms with Crippen molar-refractivity contribution in [3.8, 4) is 5.75 Å². The minimum absolute atomic E-state index is 0.00606. The van der Waals surface area contributed by atoms with Crippen molar-refractivity contribution < 1.29 is 23.1 Å². The molecule has 1 amide bonds. The third kappa shape index (κ3) is 4.02. The molecule has 0 radical (unpaired) electrons. The number of carboxylic acid groups (broad SMARTS) is 1. The van der Waals surface area contributed by atoms with Gasteiger partial charge in [-0.1, -0.05) is 0 Å². The highest BCUT2D eigenvalue weighted by molar-refractivity contribution is 7.92. The van der Waals surface area contributed by atoms with Crippen molar-refractivity contribution in [2.75, 3.05) is 24.2 Å². The molecule has 1 aromatic rings. The number of amides is 1. The van der Waals surface area contributed by atoms with E-state index in [9.17, 15) is 13.2 Å². The molecule has 20 heavy (non-hydrogen) atoms. The summed E-state index contributed by atoms with van der Waals surface area (Å²) in [5.74, 6) is 0.528. The fraction of sp³-hybridized carbons (Fsp3) is 0.417. The van der Waals surface area contributed by atoms with Gasteiger partial charge in [0.2, 0.25) is 10.0 Å². The zero-order valence-corrected chi connectivity index (χ0v) is 12.4. The molecular weight excluding hydrogens is 284 g/mol. The van der Waals surface area contributed by atoms with Crippen LogP contribution < -0.4 is 14.4 Å². The Morgan fingerprint density at radius 3 is 2.55 bits per heavy atom. The second kappa shape index (κ2) is 6.47. The van der Waals surface area contributed by atoms with E-state index < -0.39 is 16.1 Å². The lowest BCUT2D eigenvalue weighted by atomic mass is 10.1. The first-order valence-electron chi connectivity index (χ1n) is 5.91. The van der Waals surface area contributed by atoms with Crippen molar-refractivity contribution in [2.24, 2.45) is 0 Å². The van der Waals surface area contributed by atoms with E-state index in [1.54, 1.807) is 25.1 Å². The standard InChI is InChI=1S/C12H18N2O5S/c1-4-14(20(3,17)18)11-6-5-10(19-2)7-9(11)8-13-12(15)16/h5-7,13H,4,8H2,1-3H3,(H,15,16). The van der Waals surface area contributed by atoms with E-state index in [1.165, 1.54) is 11.4 Å². The molecule has 0 spiro atoms. The van der Waals surface area contributed by atoms with Crippen molar-refractivity contribution in [1.82, 2.24) is 5.32 Å². The number of carbonyl (C=O) groups is 1. The van der Waals surface area contributed by atoms with E-state index in [2.05, 4.69) is 5.32 Å². The average Bonchev–Trinajstić information content (AvgIpc) is 2.36. The Bertz CT molecular complexity index is 586. The molecule has 7 nitrogen and oxygen atoms in total. The van der Waals surface area contributed by atoms with Crippen LogP contribution in [0.25, 0.3) is 0 Å². The zero-order chi connectivity index (χ0) is 15.3. The number of rotatable bonds is 6. The first kappa shape index (κ1) is 16.1. The van der Waals surface area contributed by atoms with Crippen LogP contribution in [-0.2, 0) is 16.6 Å². The fourth-order valence-corrected chi connectivity index (χ4v) is 2.83. The third-order valence-corrected chi connectivity index (χ3v) is 3.93. The second-order valence-corrected chi connectivity index (χ2v) is 5.99. The van der Waals surface area contributed by atoms with Gasteiger partial charge in [0, 0.05) is 13.1 Å². The lowest BCUT2D eigenvalue weighted by molar-refractivity contribution is 0.194. The molecule has 0 aliphatic rings. The van der Waals surface area contributed by atoms with E-state index in [0.29, 0.717) is 17.0 Å². The lowest BCUT2D eigenvalue weighted by Crippen LogP contribution is -2.31. The van der Waals surface area contributed by atoms with Crippen LogP contribution in [0.3, 0.4) is 0 Å². The molecule has 1 aromatic carbocycles. The first-order valence-corrected chi connectivity index (χ1v) is 7.75. The highest BCUT2D eigenvalue weighted by Crippen LogP contribution is 2.27. The smallest absolute Gasteiger partial charge is 0.404 e. The quantitative estimate of drug-likeness (QED) is 0.824. The van der Waals surface area contributed by atoms with Gasteiger partial charge < -0.3 is 15.2 Å². The Labute approximate surface area is 118 Å². The monoisotopic (exact) mass is 302 g/mol. The highest BCUT2D eigenvalue weighted by Gasteiger charge is 2.19. The molecule has 0 aliphatic carbocycles. The molecular formula is C12H18N2O5S. The molecule has 0 fully saturated rings. The minimum Gasteiger partial charge on any atom is -0.497 e. The summed E-state index contributed by atoms with van der Waals surface area (Å²) in [5, 5.41) is 10.9. The lowest BCUT2D eigenvalue weighted by Gasteiger charge is -2.23. The number of nitrogens with one attached hydrogen (secondary N) is 1. The molecule has 0 aliphatic heterocycles. The highest BCUT2D eigenvalue weighted by atomic mass is 32.2. The Kier molecular flexibility index (Phi) is 5.20. The van der Waals surface area contributed by atoms with Gasteiger partial charge in [-0.25, -0.2) is 13.2 Å². The molecule has 112 valence electrons. The number of nitrogens with zero attached hydrogens (tertiary/aromatic N) is 1. The van der Waals surface area contributed by atoms with Gasteiger partial charge in [0.15, 0.2) is 0 Å². The maximum absolute atomic E-state index is 11.8. The zero-order valence-electron chi connectivity index (χ0n) is 11.6. The molecule has 8 heteroatoms. The van der Waals surface area contributed by atoms with Gasteiger partial charge in [0.05, 0.1) is 19.1 Å². The summed E-state index contributed by atoms with van der Waals surface area (Å²) < 4.78 is 29.8. The maximum atomic E-state index is 11.8. The Balaban J connectivity index is 3.25. The van der Waals surface area contributed by atoms with Gasteiger partial charge in [-0.3, -0.25) is 4.31 Å². The molecule has 0 unspecified atom stereocenters. The number of ether oxygens (including phenoxy) is 1. The molecule has 0 aromatic heterocycles. The Hall–Kier alpha value is -1.96. The van der Waals surface area contributed by atoms with Gasteiger partial charge >= 0.3 is 6.09 Å². The van der Waals surface area contributed by atoms with Crippen LogP contribution in [0.4, 0.5) is 10.5 Å². The molecule has 2 N–H and O–H groups in total. The van der Waals surface area contributed by atoms with Crippen LogP contribution >= 0.6 is 0 Å². The van der Waals surface area contributed by atoms with Crippen LogP contribution in [-0.4, -0.2) is 39.5 Å². The summed E-state index contributed by atoms with van der Waals surface area (Å²) in [4.78, 5) is 10.6. The average molecular weight is 302 g/mol. The summed E-state index contributed by atoms with van der Waals surface area (Å²) in [6, 6.07) is 4.84. The number of anilines is 1. The van der Waals surface area contributed by atoms with Crippen LogP contribution in [0.2, 0.25) is 0 Å². The fourth-order valence-electron chi connectivity index (χ4n) is 1.83. The van der Waals surface area contributed by atoms with Gasteiger partial charge in [-0.05, 0) is 30.7 Å². The van der Waals surface area contributed by atoms with Crippen molar-refractivity contribution in [2.45, 2.75) is 13.5 Å². The Morgan fingerprint density at radius 2 is 2.10 bits per heavy atom. The molecule has 0 heterocycles. The summed E-state index contributed by atoms with van der Waals surface area (Å²) in [7, 11) is -1.95. The Morgan fingerprint density at radius 1 is 1.45 bits per heavy atom. The summed E-state index contributed by atoms with van der Waals surface area (Å²) in [5.41, 5.74) is 0.962. The SMILES string of the molecule is CCN(c1ccc(OC)cc1CNC(=O)O)S(C)(=O)=O. The minimum atomic E-state index is -3.43.